The summed E-state index contributed by atoms with van der Waals surface area (Å²) in [5, 5.41) is 0. The fourth-order valence-corrected chi connectivity index (χ4v) is 4.50. The van der Waals surface area contributed by atoms with Gasteiger partial charge < -0.3 is 4.55 Å². The van der Waals surface area contributed by atoms with E-state index in [9.17, 15) is 4.55 Å². The average molecular weight is 312 g/mol. The van der Waals surface area contributed by atoms with Crippen molar-refractivity contribution in [2.75, 3.05) is 0 Å². The van der Waals surface area contributed by atoms with Gasteiger partial charge in [-0.05, 0) is 30.3 Å². The van der Waals surface area contributed by atoms with Gasteiger partial charge in [0.1, 0.15) is 0 Å². The van der Waals surface area contributed by atoms with E-state index in [4.69, 9.17) is 0 Å². The molecule has 0 aliphatic heterocycles. The van der Waals surface area contributed by atoms with Crippen LogP contribution < -0.4 is 0 Å². The molecule has 0 unspecified atom stereocenters. The van der Waals surface area contributed by atoms with Gasteiger partial charge in [0.25, 0.3) is 0 Å². The Bertz CT molecular complexity index is 575. The van der Waals surface area contributed by atoms with Crippen LogP contribution in [0.15, 0.2) is 107 Å². The number of hydrogen-bond acceptors (Lipinski definition) is 1. The van der Waals surface area contributed by atoms with Crippen LogP contribution in [0.3, 0.4) is 0 Å². The third kappa shape index (κ3) is 3.79. The van der Waals surface area contributed by atoms with Crippen LogP contribution in [0.5, 0.6) is 0 Å². The molecule has 22 heavy (non-hydrogen) atoms. The highest BCUT2D eigenvalue weighted by molar-refractivity contribution is 8.32. The summed E-state index contributed by atoms with van der Waals surface area (Å²) in [4.78, 5) is 2.56. The Morgan fingerprint density at radius 3 is 1.59 bits per heavy atom. The molecule has 0 aliphatic rings. The number of allylic oxidation sites excluding steroid dienone is 3. The maximum absolute atomic E-state index is 11.4. The van der Waals surface area contributed by atoms with Crippen LogP contribution in [0.25, 0.3) is 0 Å². The number of benzene rings is 2. The van der Waals surface area contributed by atoms with Gasteiger partial charge in [-0.2, -0.15) is 0 Å². The summed E-state index contributed by atoms with van der Waals surface area (Å²) in [5.41, 5.74) is 0. The molecule has 0 radical (unpaired) electrons. The third-order valence-electron chi connectivity index (χ3n) is 2.99. The quantitative estimate of drug-likeness (QED) is 0.612. The van der Waals surface area contributed by atoms with Crippen molar-refractivity contribution in [3.8, 4) is 0 Å². The Morgan fingerprint density at radius 1 is 0.864 bits per heavy atom. The first-order valence-electron chi connectivity index (χ1n) is 7.34. The summed E-state index contributed by atoms with van der Waals surface area (Å²) in [6, 6.07) is 19.4. The minimum atomic E-state index is -2.28. The topological polar surface area (TPSA) is 20.2 Å². The number of rotatable bonds is 5. The van der Waals surface area contributed by atoms with E-state index >= 15 is 0 Å². The zero-order valence-corrected chi connectivity index (χ0v) is 14.1. The molecule has 2 aromatic carbocycles. The smallest absolute Gasteiger partial charge is 0.0213 e. The van der Waals surface area contributed by atoms with Gasteiger partial charge in [-0.25, -0.2) is 0 Å². The molecule has 0 heterocycles. The summed E-state index contributed by atoms with van der Waals surface area (Å²) in [5.74, 6) is 0. The van der Waals surface area contributed by atoms with Crippen LogP contribution in [0.1, 0.15) is 13.8 Å². The maximum Gasteiger partial charge on any atom is 0.0213 e. The molecule has 0 bridgehead atoms. The van der Waals surface area contributed by atoms with E-state index in [1.54, 1.807) is 12.2 Å². The standard InChI is InChI=1S/C18H18OS.C2H6/c1-3-11-16(4-2)20(19,17-12-7-5-8-13-17)18-14-9-6-10-15-18;1-2/h3-15,19H,1-2H2;1-2H3/b16-11+;. The molecule has 0 fully saturated rings. The minimum absolute atomic E-state index is 0.782. The molecule has 0 spiro atoms. The first-order chi connectivity index (χ1) is 10.7. The minimum Gasteiger partial charge on any atom is -0.338 e. The average Bonchev–Trinajstić information content (AvgIpc) is 2.62. The van der Waals surface area contributed by atoms with Crippen LogP contribution in [0.2, 0.25) is 0 Å². The Hall–Kier alpha value is -2.03. The molecule has 1 N–H and O–H groups in total. The van der Waals surface area contributed by atoms with Crippen LogP contribution in [-0.2, 0) is 0 Å². The second kappa shape index (κ2) is 9.08. The molecule has 0 aliphatic carbocycles. The van der Waals surface area contributed by atoms with Crippen LogP contribution in [0.4, 0.5) is 0 Å². The Balaban J connectivity index is 0.00000116. The molecule has 0 amide bonds. The van der Waals surface area contributed by atoms with E-state index in [0.29, 0.717) is 0 Å². The van der Waals surface area contributed by atoms with Gasteiger partial charge in [0.05, 0.1) is 0 Å². The lowest BCUT2D eigenvalue weighted by Gasteiger charge is -2.36. The molecular formula is C20H24OS. The van der Waals surface area contributed by atoms with Gasteiger partial charge >= 0.3 is 0 Å². The largest absolute Gasteiger partial charge is 0.338 e. The molecule has 0 aromatic heterocycles. The SMILES string of the molecule is C=C/C=C(\C=C)S(O)(c1ccccc1)c1ccccc1.CC. The zero-order chi connectivity index (χ0) is 16.4. The molecule has 0 saturated carbocycles. The van der Waals surface area contributed by atoms with E-state index in [-0.39, 0.29) is 0 Å². The second-order valence-corrected chi connectivity index (χ2v) is 6.79. The highest BCUT2D eigenvalue weighted by atomic mass is 32.3. The Labute approximate surface area is 135 Å². The second-order valence-electron chi connectivity index (χ2n) is 4.22. The molecule has 0 atom stereocenters. The summed E-state index contributed by atoms with van der Waals surface area (Å²) < 4.78 is 11.4. The van der Waals surface area contributed by atoms with Crippen molar-refractivity contribution < 1.29 is 4.55 Å². The van der Waals surface area contributed by atoms with Crippen molar-refractivity contribution in [3.63, 3.8) is 0 Å². The highest BCUT2D eigenvalue weighted by Gasteiger charge is 2.28. The van der Waals surface area contributed by atoms with E-state index < -0.39 is 10.3 Å². The van der Waals surface area contributed by atoms with Gasteiger partial charge in [-0.1, -0.05) is 85.9 Å². The summed E-state index contributed by atoms with van der Waals surface area (Å²) >= 11 is 0. The van der Waals surface area contributed by atoms with Crippen LogP contribution >= 0.6 is 10.3 Å². The third-order valence-corrected chi connectivity index (χ3v) is 5.89. The maximum atomic E-state index is 11.4. The zero-order valence-electron chi connectivity index (χ0n) is 13.3. The van der Waals surface area contributed by atoms with Crippen LogP contribution in [0, 0.1) is 0 Å². The van der Waals surface area contributed by atoms with E-state index in [1.807, 2.05) is 80.6 Å². The van der Waals surface area contributed by atoms with E-state index in [1.165, 1.54) is 0 Å². The number of hydrogen-bond donors (Lipinski definition) is 1. The predicted octanol–water partition coefficient (Wildman–Crippen LogP) is 6.66. The molecule has 2 heteroatoms. The van der Waals surface area contributed by atoms with E-state index in [0.717, 1.165) is 14.7 Å². The normalized spacial score (nSPS) is 11.9. The van der Waals surface area contributed by atoms with Crippen molar-refractivity contribution in [3.05, 3.63) is 97.0 Å². The van der Waals surface area contributed by atoms with Crippen molar-refractivity contribution >= 4 is 10.3 Å². The molecule has 1 nitrogen and oxygen atoms in total. The van der Waals surface area contributed by atoms with Crippen LogP contribution in [-0.4, -0.2) is 4.55 Å². The lowest BCUT2D eigenvalue weighted by molar-refractivity contribution is 0.631. The van der Waals surface area contributed by atoms with Gasteiger partial charge in [0.15, 0.2) is 0 Å². The molecule has 0 saturated heterocycles. The first kappa shape index (κ1) is 18.0. The van der Waals surface area contributed by atoms with E-state index in [2.05, 4.69) is 13.2 Å². The summed E-state index contributed by atoms with van der Waals surface area (Å²) in [6.45, 7) is 11.6. The van der Waals surface area contributed by atoms with Gasteiger partial charge in [0.2, 0.25) is 0 Å². The lowest BCUT2D eigenvalue weighted by Crippen LogP contribution is -2.03. The van der Waals surface area contributed by atoms with Crippen molar-refractivity contribution in [2.45, 2.75) is 23.6 Å². The predicted molar refractivity (Wildman–Crippen MR) is 99.5 cm³/mol. The molecule has 116 valence electrons. The van der Waals surface area contributed by atoms with Crippen molar-refractivity contribution in [1.82, 2.24) is 0 Å². The van der Waals surface area contributed by atoms with Crippen molar-refractivity contribution in [1.29, 1.82) is 0 Å². The molecular weight excluding hydrogens is 288 g/mol. The molecule has 2 rings (SSSR count). The van der Waals surface area contributed by atoms with Gasteiger partial charge in [0, 0.05) is 14.7 Å². The lowest BCUT2D eigenvalue weighted by atomic mass is 10.4. The Kier molecular flexibility index (Phi) is 7.44. The molecule has 2 aromatic rings. The Morgan fingerprint density at radius 2 is 1.27 bits per heavy atom. The highest BCUT2D eigenvalue weighted by Crippen LogP contribution is 2.65. The summed E-state index contributed by atoms with van der Waals surface area (Å²) in [6.07, 6.45) is 5.21. The summed E-state index contributed by atoms with van der Waals surface area (Å²) in [7, 11) is -2.28. The monoisotopic (exact) mass is 312 g/mol. The fourth-order valence-electron chi connectivity index (χ4n) is 2.05. The fraction of sp³-hybridized carbons (Fsp3) is 0.100. The van der Waals surface area contributed by atoms with Crippen molar-refractivity contribution in [2.24, 2.45) is 0 Å². The first-order valence-corrected chi connectivity index (χ1v) is 8.93. The van der Waals surface area contributed by atoms with Gasteiger partial charge in [-0.15, -0.1) is 0 Å². The van der Waals surface area contributed by atoms with Gasteiger partial charge in [-0.3, -0.25) is 0 Å².